The van der Waals surface area contributed by atoms with Crippen LogP contribution in [0.15, 0.2) is 53.8 Å². The van der Waals surface area contributed by atoms with Gasteiger partial charge in [0.1, 0.15) is 5.84 Å². The number of ether oxygens (including phenoxy) is 6. The zero-order valence-corrected chi connectivity index (χ0v) is 30.0. The maximum Gasteiger partial charge on any atom is 0.203 e. The highest BCUT2D eigenvalue weighted by molar-refractivity contribution is 6.01. The molecule has 1 fully saturated rings. The smallest absolute Gasteiger partial charge is 0.203 e. The molecule has 2 aliphatic heterocycles. The van der Waals surface area contributed by atoms with Crippen LogP contribution in [-0.2, 0) is 6.42 Å². The van der Waals surface area contributed by atoms with Crippen LogP contribution >= 0.6 is 0 Å². The van der Waals surface area contributed by atoms with Gasteiger partial charge in [0.25, 0.3) is 0 Å². The summed E-state index contributed by atoms with van der Waals surface area (Å²) in [6, 6.07) is 9.94. The van der Waals surface area contributed by atoms with Crippen molar-refractivity contribution in [1.82, 2.24) is 19.8 Å². The molecule has 3 aromatic rings. The zero-order chi connectivity index (χ0) is 34.8. The molecule has 264 valence electrons. The van der Waals surface area contributed by atoms with Gasteiger partial charge in [0.05, 0.1) is 48.7 Å². The third-order valence-corrected chi connectivity index (χ3v) is 9.58. The van der Waals surface area contributed by atoms with Crippen molar-refractivity contribution < 1.29 is 28.4 Å². The number of benzene rings is 2. The number of aromatic nitrogens is 2. The number of nitrogens with zero attached hydrogens (tertiary/aromatic N) is 5. The van der Waals surface area contributed by atoms with Gasteiger partial charge in [-0.1, -0.05) is 19.3 Å². The van der Waals surface area contributed by atoms with Crippen LogP contribution in [0.2, 0.25) is 0 Å². The molecule has 0 N–H and O–H groups in total. The second kappa shape index (κ2) is 17.2. The number of aryl methyl sites for hydroxylation is 1. The Morgan fingerprint density at radius 2 is 1.39 bits per heavy atom. The molecule has 11 nitrogen and oxygen atoms in total. The van der Waals surface area contributed by atoms with E-state index < -0.39 is 0 Å². The Bertz CT molecular complexity index is 1560. The first-order valence-corrected chi connectivity index (χ1v) is 17.0. The summed E-state index contributed by atoms with van der Waals surface area (Å²) in [4.78, 5) is 19.1. The lowest BCUT2D eigenvalue weighted by Gasteiger charge is -2.36. The predicted molar refractivity (Wildman–Crippen MR) is 192 cm³/mol. The Labute approximate surface area is 290 Å². The standard InChI is InChI=1S/C38H51N5O6/c1-42-30(15-18-40-38(42)28-23-33(46-4)36(49-7)34(24-28)47-5)25-43-19-9-8-11-26(16-20-43)12-10-13-29-14-17-39-37(41-29)27-21-31(44-2)35(48-6)32(22-27)45-3/h14-15,17-18,21-24,26,30H,8-13,16,19-20,25H2,1-7H3. The van der Waals surface area contributed by atoms with Crippen LogP contribution in [0.4, 0.5) is 0 Å². The molecule has 0 aliphatic carbocycles. The molecule has 0 amide bonds. The minimum Gasteiger partial charge on any atom is -0.493 e. The van der Waals surface area contributed by atoms with Crippen LogP contribution in [0.25, 0.3) is 11.4 Å². The number of rotatable bonds is 14. The summed E-state index contributed by atoms with van der Waals surface area (Å²) in [7, 11) is 11.8. The molecule has 2 unspecified atom stereocenters. The maximum atomic E-state index is 5.61. The normalized spacial score (nSPS) is 18.3. The summed E-state index contributed by atoms with van der Waals surface area (Å²) in [5.41, 5.74) is 2.80. The fourth-order valence-corrected chi connectivity index (χ4v) is 6.84. The molecule has 1 aromatic heterocycles. The highest BCUT2D eigenvalue weighted by Crippen LogP contribution is 2.41. The molecule has 2 atom stereocenters. The van der Waals surface area contributed by atoms with Gasteiger partial charge in [0, 0.05) is 42.8 Å². The summed E-state index contributed by atoms with van der Waals surface area (Å²) in [5.74, 6) is 5.78. The fraction of sp³-hybridized carbons (Fsp3) is 0.500. The summed E-state index contributed by atoms with van der Waals surface area (Å²) in [6.07, 6.45) is 14.1. The summed E-state index contributed by atoms with van der Waals surface area (Å²) in [5, 5.41) is 0. The van der Waals surface area contributed by atoms with Gasteiger partial charge in [-0.2, -0.15) is 0 Å². The quantitative estimate of drug-likeness (QED) is 0.194. The first-order valence-electron chi connectivity index (χ1n) is 17.0. The molecule has 0 saturated carbocycles. The molecule has 1 saturated heterocycles. The van der Waals surface area contributed by atoms with Crippen molar-refractivity contribution in [3.05, 3.63) is 60.1 Å². The van der Waals surface area contributed by atoms with E-state index in [1.165, 1.54) is 32.1 Å². The fourth-order valence-electron chi connectivity index (χ4n) is 6.84. The van der Waals surface area contributed by atoms with Crippen molar-refractivity contribution in [3.63, 3.8) is 0 Å². The van der Waals surface area contributed by atoms with E-state index >= 15 is 0 Å². The average Bonchev–Trinajstić information content (AvgIpc) is 3.13. The van der Waals surface area contributed by atoms with Crippen molar-refractivity contribution >= 4 is 5.84 Å². The van der Waals surface area contributed by atoms with E-state index in [1.807, 2.05) is 42.7 Å². The molecule has 0 radical (unpaired) electrons. The van der Waals surface area contributed by atoms with Gasteiger partial charge in [0.2, 0.25) is 11.5 Å². The minimum atomic E-state index is 0.210. The minimum absolute atomic E-state index is 0.210. The first-order chi connectivity index (χ1) is 23.9. The van der Waals surface area contributed by atoms with E-state index in [-0.39, 0.29) is 6.04 Å². The van der Waals surface area contributed by atoms with Crippen molar-refractivity contribution in [2.24, 2.45) is 10.9 Å². The van der Waals surface area contributed by atoms with Gasteiger partial charge >= 0.3 is 0 Å². The molecule has 2 aliphatic rings. The number of amidine groups is 1. The molecule has 2 aromatic carbocycles. The number of aliphatic imine (C=N–C) groups is 1. The molecule has 0 bridgehead atoms. The van der Waals surface area contributed by atoms with E-state index in [9.17, 15) is 0 Å². The van der Waals surface area contributed by atoms with Gasteiger partial charge in [-0.3, -0.25) is 0 Å². The molecule has 5 rings (SSSR count). The number of hydrogen-bond acceptors (Lipinski definition) is 11. The molecular formula is C38H51N5O6. The number of hydrogen-bond donors (Lipinski definition) is 0. The van der Waals surface area contributed by atoms with Gasteiger partial charge < -0.3 is 38.2 Å². The average molecular weight is 674 g/mol. The molecule has 0 spiro atoms. The Kier molecular flexibility index (Phi) is 12.6. The largest absolute Gasteiger partial charge is 0.493 e. The predicted octanol–water partition coefficient (Wildman–Crippen LogP) is 6.28. The Morgan fingerprint density at radius 1 is 0.755 bits per heavy atom. The third kappa shape index (κ3) is 8.57. The molecular weight excluding hydrogens is 622 g/mol. The van der Waals surface area contributed by atoms with Crippen molar-refractivity contribution in [2.75, 3.05) is 69.3 Å². The van der Waals surface area contributed by atoms with Gasteiger partial charge in [-0.05, 0) is 81.1 Å². The maximum absolute atomic E-state index is 5.61. The van der Waals surface area contributed by atoms with Crippen LogP contribution in [0.1, 0.15) is 49.8 Å². The van der Waals surface area contributed by atoms with Gasteiger partial charge in [-0.15, -0.1) is 0 Å². The lowest BCUT2D eigenvalue weighted by atomic mass is 9.90. The van der Waals surface area contributed by atoms with Gasteiger partial charge in [0.15, 0.2) is 28.8 Å². The Morgan fingerprint density at radius 3 is 2.00 bits per heavy atom. The van der Waals surface area contributed by atoms with E-state index in [0.717, 1.165) is 55.1 Å². The lowest BCUT2D eigenvalue weighted by molar-refractivity contribution is 0.187. The number of likely N-dealkylation sites (tertiary alicyclic amines) is 1. The number of likely N-dealkylation sites (N-methyl/N-ethyl adjacent to an activating group) is 1. The van der Waals surface area contributed by atoms with Crippen LogP contribution < -0.4 is 28.4 Å². The number of methoxy groups -OCH3 is 6. The molecule has 3 heterocycles. The third-order valence-electron chi connectivity index (χ3n) is 9.58. The van der Waals surface area contributed by atoms with E-state index in [2.05, 4.69) is 27.9 Å². The topological polar surface area (TPSA) is 100 Å². The van der Waals surface area contributed by atoms with E-state index in [4.69, 9.17) is 38.4 Å². The summed E-state index contributed by atoms with van der Waals surface area (Å²) >= 11 is 0. The van der Waals surface area contributed by atoms with Crippen molar-refractivity contribution in [3.8, 4) is 45.9 Å². The van der Waals surface area contributed by atoms with Crippen molar-refractivity contribution in [2.45, 2.75) is 51.0 Å². The second-order valence-corrected chi connectivity index (χ2v) is 12.5. The van der Waals surface area contributed by atoms with Crippen molar-refractivity contribution in [1.29, 1.82) is 0 Å². The van der Waals surface area contributed by atoms with Gasteiger partial charge in [-0.25, -0.2) is 15.0 Å². The Hall–Kier alpha value is -4.51. The van der Waals surface area contributed by atoms with Crippen LogP contribution in [-0.4, -0.2) is 101 Å². The lowest BCUT2D eigenvalue weighted by Crippen LogP contribution is -2.46. The second-order valence-electron chi connectivity index (χ2n) is 12.5. The SMILES string of the molecule is COc1cc(C2=NC=CC(CN3CCCCC(CCCc4ccnc(-c5cc(OC)c(OC)c(OC)c5)n4)CC3)N2C)cc(OC)c1OC. The first kappa shape index (κ1) is 35.8. The molecule has 11 heteroatoms. The summed E-state index contributed by atoms with van der Waals surface area (Å²) < 4.78 is 33.3. The summed E-state index contributed by atoms with van der Waals surface area (Å²) in [6.45, 7) is 3.16. The van der Waals surface area contributed by atoms with Crippen LogP contribution in [0, 0.1) is 5.92 Å². The highest BCUT2D eigenvalue weighted by Gasteiger charge is 2.26. The molecule has 49 heavy (non-hydrogen) atoms. The Balaban J connectivity index is 1.16. The van der Waals surface area contributed by atoms with E-state index in [0.29, 0.717) is 46.2 Å². The van der Waals surface area contributed by atoms with E-state index in [1.54, 1.807) is 42.7 Å². The van der Waals surface area contributed by atoms with Crippen LogP contribution in [0.3, 0.4) is 0 Å². The van der Waals surface area contributed by atoms with Crippen LogP contribution in [0.5, 0.6) is 34.5 Å². The monoisotopic (exact) mass is 673 g/mol. The highest BCUT2D eigenvalue weighted by atomic mass is 16.5. The zero-order valence-electron chi connectivity index (χ0n) is 30.0.